The lowest BCUT2D eigenvalue weighted by atomic mass is 10.4. The second kappa shape index (κ2) is 3.53. The van der Waals surface area contributed by atoms with Gasteiger partial charge in [-0.2, -0.15) is 0 Å². The van der Waals surface area contributed by atoms with Gasteiger partial charge in [-0.15, -0.1) is 5.10 Å². The van der Waals surface area contributed by atoms with Crippen LogP contribution in [-0.2, 0) is 16.2 Å². The number of carbonyl (C=O) groups excluding carboxylic acids is 1. The lowest BCUT2D eigenvalue weighted by molar-refractivity contribution is -0.169. The van der Waals surface area contributed by atoms with E-state index in [1.165, 1.54) is 15.9 Å². The Morgan fingerprint density at radius 1 is 1.62 bits per heavy atom. The molecular weight excluding hydrogens is 172 g/mol. The van der Waals surface area contributed by atoms with Crippen LogP contribution in [0.4, 0.5) is 0 Å². The zero-order valence-corrected chi connectivity index (χ0v) is 7.09. The minimum Gasteiger partial charge on any atom is -0.271 e. The van der Waals surface area contributed by atoms with E-state index in [1.807, 2.05) is 0 Å². The highest BCUT2D eigenvalue weighted by molar-refractivity contribution is 5.74. The van der Waals surface area contributed by atoms with Crippen molar-refractivity contribution in [3.8, 4) is 0 Å². The lowest BCUT2D eigenvalue weighted by Gasteiger charge is -2.12. The lowest BCUT2D eigenvalue weighted by Crippen LogP contribution is -2.30. The van der Waals surface area contributed by atoms with Gasteiger partial charge in [-0.1, -0.05) is 5.21 Å². The molecule has 1 aliphatic heterocycles. The number of hydrogen-bond donors (Lipinski definition) is 0. The van der Waals surface area contributed by atoms with Gasteiger partial charge in [0.1, 0.15) is 6.54 Å². The van der Waals surface area contributed by atoms with E-state index < -0.39 is 0 Å². The fourth-order valence-electron chi connectivity index (χ4n) is 1.18. The molecule has 6 heteroatoms. The molecule has 0 atom stereocenters. The monoisotopic (exact) mass is 182 g/mol. The quantitative estimate of drug-likeness (QED) is 0.615. The molecule has 0 bridgehead atoms. The van der Waals surface area contributed by atoms with Gasteiger partial charge >= 0.3 is 0 Å². The average molecular weight is 182 g/mol. The number of carbonyl (C=O) groups is 1. The summed E-state index contributed by atoms with van der Waals surface area (Å²) in [6.45, 7) is 1.50. The van der Waals surface area contributed by atoms with E-state index >= 15 is 0 Å². The van der Waals surface area contributed by atoms with E-state index in [2.05, 4.69) is 10.3 Å². The molecule has 0 N–H and O–H groups in total. The van der Waals surface area contributed by atoms with Crippen LogP contribution in [0.2, 0.25) is 0 Å². The third-order valence-corrected chi connectivity index (χ3v) is 1.80. The van der Waals surface area contributed by atoms with Crippen LogP contribution in [0.25, 0.3) is 0 Å². The molecule has 2 rings (SSSR count). The van der Waals surface area contributed by atoms with Crippen molar-refractivity contribution >= 4 is 5.91 Å². The highest BCUT2D eigenvalue weighted by Crippen LogP contribution is 2.04. The molecule has 0 aliphatic carbocycles. The average Bonchev–Trinajstić information content (AvgIpc) is 2.74. The second-order valence-corrected chi connectivity index (χ2v) is 2.78. The van der Waals surface area contributed by atoms with Gasteiger partial charge in [0.15, 0.2) is 0 Å². The van der Waals surface area contributed by atoms with Gasteiger partial charge in [0, 0.05) is 6.20 Å². The molecule has 6 nitrogen and oxygen atoms in total. The Balaban J connectivity index is 1.91. The third-order valence-electron chi connectivity index (χ3n) is 1.80. The molecule has 1 aromatic rings. The van der Waals surface area contributed by atoms with Crippen LogP contribution in [0.1, 0.15) is 6.42 Å². The van der Waals surface area contributed by atoms with Gasteiger partial charge in [0.2, 0.25) is 0 Å². The molecule has 1 aromatic heterocycles. The van der Waals surface area contributed by atoms with E-state index in [0.717, 1.165) is 6.42 Å². The zero-order chi connectivity index (χ0) is 9.10. The van der Waals surface area contributed by atoms with Crippen molar-refractivity contribution in [2.24, 2.45) is 0 Å². The van der Waals surface area contributed by atoms with Crippen LogP contribution in [0, 0.1) is 0 Å². The first-order chi connectivity index (χ1) is 6.36. The van der Waals surface area contributed by atoms with Crippen molar-refractivity contribution < 1.29 is 9.63 Å². The summed E-state index contributed by atoms with van der Waals surface area (Å²) in [6, 6.07) is 0. The molecule has 0 radical (unpaired) electrons. The fraction of sp³-hybridized carbons (Fsp3) is 0.571. The molecular formula is C7H10N4O2. The largest absolute Gasteiger partial charge is 0.271 e. The first kappa shape index (κ1) is 8.18. The number of nitrogens with zero attached hydrogens (tertiary/aromatic N) is 4. The summed E-state index contributed by atoms with van der Waals surface area (Å²) in [5, 5.41) is 8.67. The van der Waals surface area contributed by atoms with Gasteiger partial charge in [0.05, 0.1) is 19.3 Å². The minimum atomic E-state index is -0.0806. The Hall–Kier alpha value is -1.43. The first-order valence-electron chi connectivity index (χ1n) is 4.13. The number of aromatic nitrogens is 3. The summed E-state index contributed by atoms with van der Waals surface area (Å²) in [6.07, 6.45) is 4.09. The number of rotatable bonds is 2. The predicted octanol–water partition coefficient (Wildman–Crippen LogP) is -0.558. The summed E-state index contributed by atoms with van der Waals surface area (Å²) < 4.78 is 1.48. The van der Waals surface area contributed by atoms with Crippen molar-refractivity contribution in [2.75, 3.05) is 13.2 Å². The maximum Gasteiger partial charge on any atom is 0.267 e. The van der Waals surface area contributed by atoms with Crippen LogP contribution in [0.5, 0.6) is 0 Å². The van der Waals surface area contributed by atoms with E-state index in [-0.39, 0.29) is 12.5 Å². The van der Waals surface area contributed by atoms with Crippen LogP contribution in [-0.4, -0.2) is 39.1 Å². The van der Waals surface area contributed by atoms with Crippen molar-refractivity contribution in [2.45, 2.75) is 13.0 Å². The maximum absolute atomic E-state index is 11.4. The van der Waals surface area contributed by atoms with Gasteiger partial charge in [-0.25, -0.2) is 9.75 Å². The van der Waals surface area contributed by atoms with Crippen molar-refractivity contribution in [1.82, 2.24) is 20.1 Å². The molecule has 2 heterocycles. The molecule has 1 fully saturated rings. The smallest absolute Gasteiger partial charge is 0.267 e. The van der Waals surface area contributed by atoms with Crippen molar-refractivity contribution in [3.05, 3.63) is 12.4 Å². The van der Waals surface area contributed by atoms with Gasteiger partial charge < -0.3 is 0 Å². The van der Waals surface area contributed by atoms with E-state index in [9.17, 15) is 4.79 Å². The van der Waals surface area contributed by atoms with Crippen molar-refractivity contribution in [3.63, 3.8) is 0 Å². The third kappa shape index (κ3) is 1.83. The Labute approximate surface area is 75.0 Å². The number of hydrogen-bond acceptors (Lipinski definition) is 4. The normalized spacial score (nSPS) is 16.5. The maximum atomic E-state index is 11.4. The molecule has 70 valence electrons. The molecule has 0 spiro atoms. The summed E-state index contributed by atoms with van der Waals surface area (Å²) in [5.74, 6) is -0.0806. The Morgan fingerprint density at radius 3 is 3.15 bits per heavy atom. The standard InChI is InChI=1S/C7H10N4O2/c12-7(11-3-1-5-13-11)6-10-4-2-8-9-10/h2,4H,1,3,5-6H2. The minimum absolute atomic E-state index is 0.0806. The summed E-state index contributed by atoms with van der Waals surface area (Å²) >= 11 is 0. The molecule has 0 unspecified atom stereocenters. The Bertz CT molecular complexity index is 279. The predicted molar refractivity (Wildman–Crippen MR) is 42.3 cm³/mol. The molecule has 1 aliphatic rings. The summed E-state index contributed by atoms with van der Waals surface area (Å²) in [7, 11) is 0. The van der Waals surface area contributed by atoms with Gasteiger partial charge in [0.25, 0.3) is 5.91 Å². The van der Waals surface area contributed by atoms with Crippen molar-refractivity contribution in [1.29, 1.82) is 0 Å². The van der Waals surface area contributed by atoms with Crippen LogP contribution < -0.4 is 0 Å². The summed E-state index contributed by atoms with van der Waals surface area (Å²) in [4.78, 5) is 16.5. The Morgan fingerprint density at radius 2 is 2.54 bits per heavy atom. The molecule has 0 saturated carbocycles. The zero-order valence-electron chi connectivity index (χ0n) is 7.09. The summed E-state index contributed by atoms with van der Waals surface area (Å²) in [5.41, 5.74) is 0. The second-order valence-electron chi connectivity index (χ2n) is 2.78. The molecule has 1 amide bonds. The molecule has 1 saturated heterocycles. The number of amides is 1. The van der Waals surface area contributed by atoms with Crippen LogP contribution in [0.3, 0.4) is 0 Å². The molecule has 0 aromatic carbocycles. The first-order valence-corrected chi connectivity index (χ1v) is 4.13. The fourth-order valence-corrected chi connectivity index (χ4v) is 1.18. The van der Waals surface area contributed by atoms with E-state index in [0.29, 0.717) is 13.2 Å². The SMILES string of the molecule is O=C(Cn1ccnn1)N1CCCO1. The number of hydroxylamine groups is 2. The highest BCUT2D eigenvalue weighted by Gasteiger charge is 2.19. The Kier molecular flexibility index (Phi) is 2.22. The highest BCUT2D eigenvalue weighted by atomic mass is 16.7. The molecule has 13 heavy (non-hydrogen) atoms. The van der Waals surface area contributed by atoms with Gasteiger partial charge in [-0.05, 0) is 6.42 Å². The van der Waals surface area contributed by atoms with Gasteiger partial charge in [-0.3, -0.25) is 9.63 Å². The van der Waals surface area contributed by atoms with Crippen LogP contribution >= 0.6 is 0 Å². The topological polar surface area (TPSA) is 60.2 Å². The van der Waals surface area contributed by atoms with E-state index in [1.54, 1.807) is 6.20 Å². The van der Waals surface area contributed by atoms with Crippen LogP contribution in [0.15, 0.2) is 12.4 Å². The van der Waals surface area contributed by atoms with E-state index in [4.69, 9.17) is 4.84 Å².